The fourth-order valence-electron chi connectivity index (χ4n) is 2.41. The van der Waals surface area contributed by atoms with Crippen LogP contribution in [0.1, 0.15) is 19.4 Å². The van der Waals surface area contributed by atoms with Crippen LogP contribution in [0, 0.1) is 6.57 Å². The predicted octanol–water partition coefficient (Wildman–Crippen LogP) is 3.20. The standard InChI is InChI=1S/C20H19N5O2/c1-20(2,22-3)12-27-18-7-5-13(9-23-18)15-8-16-14(4-6-17(21)26)10-24-19(16)25-11-15/h4-11H,12H2,1-2H3,(H2,21,26)(H,24,25)/b6-4+. The third kappa shape index (κ3) is 4.30. The Morgan fingerprint density at radius 3 is 2.78 bits per heavy atom. The van der Waals surface area contributed by atoms with Crippen LogP contribution in [0.15, 0.2) is 42.9 Å². The summed E-state index contributed by atoms with van der Waals surface area (Å²) in [5.41, 5.74) is 7.89. The highest BCUT2D eigenvalue weighted by molar-refractivity contribution is 5.95. The van der Waals surface area contributed by atoms with E-state index in [1.807, 2.05) is 26.0 Å². The van der Waals surface area contributed by atoms with Gasteiger partial charge in [-0.15, -0.1) is 0 Å². The van der Waals surface area contributed by atoms with Crippen molar-refractivity contribution in [2.45, 2.75) is 19.4 Å². The number of ether oxygens (including phenoxy) is 1. The maximum atomic E-state index is 11.0. The van der Waals surface area contributed by atoms with Gasteiger partial charge in [0.2, 0.25) is 11.8 Å². The van der Waals surface area contributed by atoms with Crippen LogP contribution in [0.2, 0.25) is 0 Å². The van der Waals surface area contributed by atoms with Crippen LogP contribution in [0.25, 0.3) is 33.1 Å². The number of nitrogens with zero attached hydrogens (tertiary/aromatic N) is 3. The first-order valence-electron chi connectivity index (χ1n) is 8.30. The van der Waals surface area contributed by atoms with Crippen molar-refractivity contribution in [2.75, 3.05) is 6.61 Å². The lowest BCUT2D eigenvalue weighted by Crippen LogP contribution is -2.24. The van der Waals surface area contributed by atoms with E-state index in [1.165, 1.54) is 6.08 Å². The molecule has 0 saturated carbocycles. The third-order valence-electron chi connectivity index (χ3n) is 3.94. The largest absolute Gasteiger partial charge is 0.469 e. The first-order chi connectivity index (χ1) is 12.9. The number of fused-ring (bicyclic) bond motifs is 1. The molecule has 3 heterocycles. The molecule has 0 atom stereocenters. The average molecular weight is 361 g/mol. The summed E-state index contributed by atoms with van der Waals surface area (Å²) >= 11 is 0. The molecule has 3 rings (SSSR count). The maximum Gasteiger partial charge on any atom is 0.260 e. The van der Waals surface area contributed by atoms with Crippen LogP contribution in [0.5, 0.6) is 5.88 Å². The number of nitrogens with two attached hydrogens (primary N) is 1. The molecule has 0 fully saturated rings. The molecular weight excluding hydrogens is 342 g/mol. The van der Waals surface area contributed by atoms with Gasteiger partial charge in [0.05, 0.1) is 0 Å². The summed E-state index contributed by atoms with van der Waals surface area (Å²) in [4.78, 5) is 26.2. The number of pyridine rings is 2. The van der Waals surface area contributed by atoms with E-state index in [0.29, 0.717) is 5.88 Å². The smallest absolute Gasteiger partial charge is 0.260 e. The Kier molecular flexibility index (Phi) is 4.90. The van der Waals surface area contributed by atoms with E-state index in [9.17, 15) is 4.79 Å². The summed E-state index contributed by atoms with van der Waals surface area (Å²) < 4.78 is 5.59. The summed E-state index contributed by atoms with van der Waals surface area (Å²) in [6.07, 6.45) is 8.19. The molecule has 0 saturated heterocycles. The Hall–Kier alpha value is -3.66. The van der Waals surface area contributed by atoms with E-state index >= 15 is 0 Å². The Balaban J connectivity index is 1.84. The molecule has 0 unspecified atom stereocenters. The molecular formula is C20H19N5O2. The molecule has 1 amide bonds. The Bertz CT molecular complexity index is 1040. The quantitative estimate of drug-likeness (QED) is 0.520. The highest BCUT2D eigenvalue weighted by atomic mass is 16.5. The molecule has 0 aliphatic heterocycles. The van der Waals surface area contributed by atoms with Gasteiger partial charge in [-0.3, -0.25) is 4.79 Å². The first-order valence-corrected chi connectivity index (χ1v) is 8.30. The lowest BCUT2D eigenvalue weighted by Gasteiger charge is -2.12. The number of H-pyrrole nitrogens is 1. The zero-order chi connectivity index (χ0) is 19.4. The average Bonchev–Trinajstić information content (AvgIpc) is 3.07. The van der Waals surface area contributed by atoms with Crippen molar-refractivity contribution in [2.24, 2.45) is 5.73 Å². The lowest BCUT2D eigenvalue weighted by atomic mass is 10.1. The van der Waals surface area contributed by atoms with Gasteiger partial charge in [-0.05, 0) is 18.2 Å². The lowest BCUT2D eigenvalue weighted by molar-refractivity contribution is -0.113. The zero-order valence-electron chi connectivity index (χ0n) is 15.1. The number of nitrogens with one attached hydrogen (secondary N) is 1. The van der Waals surface area contributed by atoms with Crippen LogP contribution >= 0.6 is 0 Å². The van der Waals surface area contributed by atoms with Crippen LogP contribution in [0.3, 0.4) is 0 Å². The van der Waals surface area contributed by atoms with Crippen molar-refractivity contribution in [1.29, 1.82) is 0 Å². The first kappa shape index (κ1) is 18.1. The van der Waals surface area contributed by atoms with E-state index in [4.69, 9.17) is 17.0 Å². The molecule has 0 radical (unpaired) electrons. The molecule has 0 aliphatic rings. The Morgan fingerprint density at radius 1 is 1.33 bits per heavy atom. The minimum atomic E-state index is -0.585. The van der Waals surface area contributed by atoms with Gasteiger partial charge in [0.15, 0.2) is 6.61 Å². The van der Waals surface area contributed by atoms with Gasteiger partial charge in [0.25, 0.3) is 5.54 Å². The highest BCUT2D eigenvalue weighted by Gasteiger charge is 2.23. The monoisotopic (exact) mass is 361 g/mol. The van der Waals surface area contributed by atoms with Crippen molar-refractivity contribution in [3.8, 4) is 17.0 Å². The summed E-state index contributed by atoms with van der Waals surface area (Å²) in [6.45, 7) is 11.0. The van der Waals surface area contributed by atoms with Crippen LogP contribution in [-0.2, 0) is 4.79 Å². The van der Waals surface area contributed by atoms with Gasteiger partial charge >= 0.3 is 0 Å². The molecule has 0 bridgehead atoms. The van der Waals surface area contributed by atoms with Gasteiger partial charge < -0.3 is 20.3 Å². The third-order valence-corrected chi connectivity index (χ3v) is 3.94. The van der Waals surface area contributed by atoms with E-state index in [1.54, 1.807) is 30.7 Å². The molecule has 136 valence electrons. The second kappa shape index (κ2) is 7.30. The topological polar surface area (TPSA) is 98.2 Å². The second-order valence-corrected chi connectivity index (χ2v) is 6.70. The van der Waals surface area contributed by atoms with Gasteiger partial charge in [-0.2, -0.15) is 0 Å². The summed E-state index contributed by atoms with van der Waals surface area (Å²) in [5.74, 6) is -0.0362. The SMILES string of the molecule is [C-]#[N+]C(C)(C)COc1ccc(-c2cnc3[nH]cc(/C=C/C(N)=O)c3c2)cn1. The number of hydrogen-bond donors (Lipinski definition) is 2. The van der Waals surface area contributed by atoms with Gasteiger partial charge in [0, 0.05) is 66.7 Å². The van der Waals surface area contributed by atoms with Crippen LogP contribution < -0.4 is 10.5 Å². The van der Waals surface area contributed by atoms with E-state index in [-0.39, 0.29) is 6.61 Å². The van der Waals surface area contributed by atoms with Gasteiger partial charge in [-0.25, -0.2) is 16.5 Å². The predicted molar refractivity (Wildman–Crippen MR) is 104 cm³/mol. The number of primary amides is 1. The van der Waals surface area contributed by atoms with Crippen molar-refractivity contribution >= 4 is 23.0 Å². The van der Waals surface area contributed by atoms with Crippen LogP contribution in [0.4, 0.5) is 0 Å². The fraction of sp³-hybridized carbons (Fsp3) is 0.200. The van der Waals surface area contributed by atoms with Gasteiger partial charge in [-0.1, -0.05) is 0 Å². The van der Waals surface area contributed by atoms with E-state index in [2.05, 4.69) is 19.8 Å². The maximum absolute atomic E-state index is 11.0. The van der Waals surface area contributed by atoms with E-state index < -0.39 is 11.4 Å². The fourth-order valence-corrected chi connectivity index (χ4v) is 2.41. The molecule has 3 aromatic heterocycles. The summed E-state index contributed by atoms with van der Waals surface area (Å²) in [5, 5.41) is 0.879. The minimum Gasteiger partial charge on any atom is -0.469 e. The van der Waals surface area contributed by atoms with Crippen LogP contribution in [-0.4, -0.2) is 33.0 Å². The van der Waals surface area contributed by atoms with E-state index in [0.717, 1.165) is 27.7 Å². The summed E-state index contributed by atoms with van der Waals surface area (Å²) in [6, 6.07) is 5.63. The molecule has 0 aromatic carbocycles. The molecule has 0 aliphatic carbocycles. The molecule has 27 heavy (non-hydrogen) atoms. The number of hydrogen-bond acceptors (Lipinski definition) is 4. The summed E-state index contributed by atoms with van der Waals surface area (Å²) in [7, 11) is 0. The Morgan fingerprint density at radius 2 is 2.11 bits per heavy atom. The zero-order valence-corrected chi connectivity index (χ0v) is 15.1. The normalized spacial score (nSPS) is 11.6. The molecule has 7 nitrogen and oxygen atoms in total. The second-order valence-electron chi connectivity index (χ2n) is 6.70. The van der Waals surface area contributed by atoms with Gasteiger partial charge in [0.1, 0.15) is 5.65 Å². The van der Waals surface area contributed by atoms with Crippen molar-refractivity contribution in [3.05, 3.63) is 59.8 Å². The number of aromatic amines is 1. The number of carbonyl (C=O) groups excluding carboxylic acids is 1. The van der Waals surface area contributed by atoms with Crippen molar-refractivity contribution < 1.29 is 9.53 Å². The van der Waals surface area contributed by atoms with Crippen molar-refractivity contribution in [1.82, 2.24) is 15.0 Å². The Labute approximate surface area is 156 Å². The molecule has 7 heteroatoms. The number of rotatable bonds is 6. The highest BCUT2D eigenvalue weighted by Crippen LogP contribution is 2.26. The molecule has 3 N–H and O–H groups in total. The van der Waals surface area contributed by atoms with Crippen molar-refractivity contribution in [3.63, 3.8) is 0 Å². The minimum absolute atomic E-state index is 0.273. The number of aromatic nitrogens is 3. The number of carbonyl (C=O) groups is 1. The molecule has 3 aromatic rings. The number of amides is 1. The molecule has 0 spiro atoms.